The summed E-state index contributed by atoms with van der Waals surface area (Å²) in [5.41, 5.74) is 5.14. The summed E-state index contributed by atoms with van der Waals surface area (Å²) in [4.78, 5) is 25.4. The van der Waals surface area contributed by atoms with E-state index in [1.165, 1.54) is 5.56 Å². The molecule has 2 aromatic carbocycles. The molecule has 0 fully saturated rings. The second-order valence-electron chi connectivity index (χ2n) is 7.96. The molecule has 1 aliphatic carbocycles. The number of amides is 1. The van der Waals surface area contributed by atoms with Crippen LogP contribution >= 0.6 is 0 Å². The second kappa shape index (κ2) is 7.15. The van der Waals surface area contributed by atoms with Gasteiger partial charge >= 0.3 is 0 Å². The Labute approximate surface area is 160 Å². The van der Waals surface area contributed by atoms with E-state index in [2.05, 4.69) is 55.6 Å². The average Bonchev–Trinajstić information content (AvgIpc) is 2.67. The van der Waals surface area contributed by atoms with Gasteiger partial charge in [0.25, 0.3) is 0 Å². The number of nitrogens with one attached hydrogen (secondary N) is 1. The fraction of sp³-hybridized carbons (Fsp3) is 0.333. The molecule has 1 amide bonds. The van der Waals surface area contributed by atoms with Gasteiger partial charge in [0.2, 0.25) is 5.91 Å². The van der Waals surface area contributed by atoms with E-state index in [0.29, 0.717) is 18.8 Å². The topological polar surface area (TPSA) is 46.2 Å². The highest BCUT2D eigenvalue weighted by Gasteiger charge is 2.38. The molecule has 2 atom stereocenters. The van der Waals surface area contributed by atoms with Gasteiger partial charge in [0.1, 0.15) is 0 Å². The number of hydrogen-bond acceptors (Lipinski definition) is 2. The predicted molar refractivity (Wildman–Crippen MR) is 106 cm³/mol. The molecule has 1 heterocycles. The molecule has 2 aromatic rings. The summed E-state index contributed by atoms with van der Waals surface area (Å²) in [6.45, 7) is 4.33. The Hall–Kier alpha value is -2.68. The van der Waals surface area contributed by atoms with Crippen LogP contribution < -0.4 is 5.32 Å². The lowest BCUT2D eigenvalue weighted by Crippen LogP contribution is -2.38. The van der Waals surface area contributed by atoms with E-state index in [4.69, 9.17) is 0 Å². The van der Waals surface area contributed by atoms with Gasteiger partial charge in [-0.1, -0.05) is 68.4 Å². The molecule has 27 heavy (non-hydrogen) atoms. The number of carbonyl (C=O) groups excluding carboxylic acids is 2. The Bertz CT molecular complexity index is 894. The minimum absolute atomic E-state index is 0.00759. The van der Waals surface area contributed by atoms with Crippen molar-refractivity contribution in [2.75, 3.05) is 0 Å². The Kier molecular flexibility index (Phi) is 4.69. The van der Waals surface area contributed by atoms with Crippen molar-refractivity contribution in [3.05, 3.63) is 82.6 Å². The summed E-state index contributed by atoms with van der Waals surface area (Å²) in [5, 5.41) is 3.00. The lowest BCUT2D eigenvalue weighted by atomic mass is 9.73. The third-order valence-electron chi connectivity index (χ3n) is 5.81. The molecule has 0 radical (unpaired) electrons. The van der Waals surface area contributed by atoms with Crippen molar-refractivity contribution in [3.63, 3.8) is 0 Å². The summed E-state index contributed by atoms with van der Waals surface area (Å²) in [5.74, 6) is 0.654. The second-order valence-corrected chi connectivity index (χ2v) is 7.96. The van der Waals surface area contributed by atoms with Gasteiger partial charge in [-0.2, -0.15) is 0 Å². The van der Waals surface area contributed by atoms with Crippen LogP contribution in [0.15, 0.2) is 65.9 Å². The Morgan fingerprint density at radius 2 is 1.56 bits per heavy atom. The molecule has 3 heteroatoms. The van der Waals surface area contributed by atoms with Crippen LogP contribution in [0.1, 0.15) is 67.6 Å². The summed E-state index contributed by atoms with van der Waals surface area (Å²) in [6.07, 6.45) is 1.58. The molecule has 0 aromatic heterocycles. The summed E-state index contributed by atoms with van der Waals surface area (Å²) in [6, 6.07) is 18.5. The molecule has 3 nitrogen and oxygen atoms in total. The van der Waals surface area contributed by atoms with Gasteiger partial charge in [-0.25, -0.2) is 0 Å². The maximum absolute atomic E-state index is 13.1. The molecule has 1 N–H and O–H groups in total. The quantitative estimate of drug-likeness (QED) is 0.854. The summed E-state index contributed by atoms with van der Waals surface area (Å²) < 4.78 is 0. The van der Waals surface area contributed by atoms with Crippen LogP contribution in [0.2, 0.25) is 0 Å². The van der Waals surface area contributed by atoms with Crippen LogP contribution in [0, 0.1) is 0 Å². The zero-order chi connectivity index (χ0) is 19.0. The first-order chi connectivity index (χ1) is 13.0. The highest BCUT2D eigenvalue weighted by atomic mass is 16.2. The van der Waals surface area contributed by atoms with E-state index in [1.54, 1.807) is 0 Å². The van der Waals surface area contributed by atoms with Crippen LogP contribution in [0.3, 0.4) is 0 Å². The molecular formula is C24H25NO2. The van der Waals surface area contributed by atoms with Crippen molar-refractivity contribution in [2.45, 2.75) is 50.9 Å². The fourth-order valence-electron chi connectivity index (χ4n) is 4.32. The Morgan fingerprint density at radius 3 is 2.22 bits per heavy atom. The monoisotopic (exact) mass is 359 g/mol. The molecular weight excluding hydrogens is 334 g/mol. The SMILES string of the molecule is CC(C)c1ccc(C2CC(=O)NC3=C2C(=O)CC(c2ccccc2)C3)cc1. The first-order valence-electron chi connectivity index (χ1n) is 9.74. The van der Waals surface area contributed by atoms with Crippen molar-refractivity contribution < 1.29 is 9.59 Å². The van der Waals surface area contributed by atoms with Crippen LogP contribution in [0.5, 0.6) is 0 Å². The summed E-state index contributed by atoms with van der Waals surface area (Å²) in [7, 11) is 0. The van der Waals surface area contributed by atoms with Crippen molar-refractivity contribution in [3.8, 4) is 0 Å². The number of rotatable bonds is 3. The Morgan fingerprint density at radius 1 is 0.852 bits per heavy atom. The standard InChI is InChI=1S/C24H25NO2/c1-15(2)16-8-10-18(11-9-16)20-14-23(27)25-21-12-19(13-22(26)24(20)21)17-6-4-3-5-7-17/h3-11,15,19-20H,12-14H2,1-2H3,(H,25,27). The predicted octanol–water partition coefficient (Wildman–Crippen LogP) is 4.81. The normalized spacial score (nSPS) is 22.6. The van der Waals surface area contributed by atoms with Crippen LogP contribution in [0.25, 0.3) is 0 Å². The minimum atomic E-state index is -0.126. The maximum Gasteiger partial charge on any atom is 0.225 e. The number of benzene rings is 2. The van der Waals surface area contributed by atoms with Gasteiger partial charge in [0.15, 0.2) is 5.78 Å². The third kappa shape index (κ3) is 3.46. The van der Waals surface area contributed by atoms with E-state index in [1.807, 2.05) is 18.2 Å². The number of hydrogen-bond donors (Lipinski definition) is 1. The Balaban J connectivity index is 1.68. The smallest absolute Gasteiger partial charge is 0.225 e. The van der Waals surface area contributed by atoms with Gasteiger partial charge in [-0.3, -0.25) is 9.59 Å². The lowest BCUT2D eigenvalue weighted by molar-refractivity contribution is -0.122. The average molecular weight is 359 g/mol. The fourth-order valence-corrected chi connectivity index (χ4v) is 4.32. The molecule has 0 saturated heterocycles. The lowest BCUT2D eigenvalue weighted by Gasteiger charge is -2.34. The number of ketones is 1. The van der Waals surface area contributed by atoms with E-state index < -0.39 is 0 Å². The number of allylic oxidation sites excluding steroid dienone is 2. The van der Waals surface area contributed by atoms with Crippen LogP contribution in [-0.2, 0) is 9.59 Å². The highest BCUT2D eigenvalue weighted by molar-refractivity contribution is 6.02. The molecule has 2 aliphatic rings. The third-order valence-corrected chi connectivity index (χ3v) is 5.81. The van der Waals surface area contributed by atoms with Crippen molar-refractivity contribution >= 4 is 11.7 Å². The molecule has 0 bridgehead atoms. The zero-order valence-corrected chi connectivity index (χ0v) is 15.9. The van der Waals surface area contributed by atoms with Crippen molar-refractivity contribution in [1.82, 2.24) is 5.32 Å². The van der Waals surface area contributed by atoms with E-state index in [9.17, 15) is 9.59 Å². The van der Waals surface area contributed by atoms with Crippen molar-refractivity contribution in [2.24, 2.45) is 0 Å². The van der Waals surface area contributed by atoms with Crippen LogP contribution in [0.4, 0.5) is 0 Å². The van der Waals surface area contributed by atoms with E-state index in [0.717, 1.165) is 28.8 Å². The van der Waals surface area contributed by atoms with Gasteiger partial charge in [-0.15, -0.1) is 0 Å². The number of carbonyl (C=O) groups is 2. The first kappa shape index (κ1) is 17.7. The highest BCUT2D eigenvalue weighted by Crippen LogP contribution is 2.42. The zero-order valence-electron chi connectivity index (χ0n) is 15.9. The van der Waals surface area contributed by atoms with Gasteiger partial charge < -0.3 is 5.32 Å². The maximum atomic E-state index is 13.1. The van der Waals surface area contributed by atoms with Gasteiger partial charge in [-0.05, 0) is 34.9 Å². The molecule has 0 saturated carbocycles. The summed E-state index contributed by atoms with van der Waals surface area (Å²) >= 11 is 0. The van der Waals surface area contributed by atoms with Crippen molar-refractivity contribution in [1.29, 1.82) is 0 Å². The van der Waals surface area contributed by atoms with E-state index >= 15 is 0 Å². The number of Topliss-reactive ketones (excluding diaryl/α,β-unsaturated/α-hetero) is 1. The first-order valence-corrected chi connectivity index (χ1v) is 9.74. The molecule has 0 spiro atoms. The molecule has 138 valence electrons. The largest absolute Gasteiger partial charge is 0.329 e. The van der Waals surface area contributed by atoms with Gasteiger partial charge in [0.05, 0.1) is 0 Å². The van der Waals surface area contributed by atoms with E-state index in [-0.39, 0.29) is 23.5 Å². The molecule has 2 unspecified atom stereocenters. The van der Waals surface area contributed by atoms with Gasteiger partial charge in [0, 0.05) is 30.0 Å². The van der Waals surface area contributed by atoms with Crippen LogP contribution in [-0.4, -0.2) is 11.7 Å². The minimum Gasteiger partial charge on any atom is -0.329 e. The molecule has 1 aliphatic heterocycles. The molecule has 4 rings (SSSR count).